The summed E-state index contributed by atoms with van der Waals surface area (Å²) in [5.41, 5.74) is 4.80. The van der Waals surface area contributed by atoms with Crippen LogP contribution in [0.2, 0.25) is 0 Å². The molecule has 2 aromatic carbocycles. The van der Waals surface area contributed by atoms with Gasteiger partial charge in [-0.25, -0.2) is 4.39 Å². The van der Waals surface area contributed by atoms with E-state index in [0.717, 1.165) is 5.56 Å². The number of benzene rings is 2. The Morgan fingerprint density at radius 1 is 1.20 bits per heavy atom. The number of carbonyl (C=O) groups is 1. The first-order chi connectivity index (χ1) is 11.9. The molecule has 8 heteroatoms. The molecule has 0 atom stereocenters. The lowest BCUT2D eigenvalue weighted by Gasteiger charge is -2.09. The standard InChI is InChI=1S/C17H16FN3O3S/c1-11(12-2-8-15(9-3-12)24-10-16(22)23)20-21-17(25)19-14-6-4-13(18)5-7-14/h2-9H,10H2,1H3,(H,22,23)(H2,19,21,25)/p-1/b20-11-. The highest BCUT2D eigenvalue weighted by Crippen LogP contribution is 2.13. The number of rotatable bonds is 6. The zero-order chi connectivity index (χ0) is 18.2. The molecule has 0 heterocycles. The highest BCUT2D eigenvalue weighted by Gasteiger charge is 2.01. The van der Waals surface area contributed by atoms with Gasteiger partial charge in [0.05, 0.1) is 11.7 Å². The number of thiocarbonyl (C=S) groups is 1. The molecular formula is C17H15FN3O3S-. The van der Waals surface area contributed by atoms with Gasteiger partial charge in [-0.05, 0) is 73.2 Å². The van der Waals surface area contributed by atoms with Gasteiger partial charge < -0.3 is 20.0 Å². The van der Waals surface area contributed by atoms with Crippen molar-refractivity contribution < 1.29 is 19.0 Å². The second kappa shape index (κ2) is 8.74. The highest BCUT2D eigenvalue weighted by molar-refractivity contribution is 7.80. The topological polar surface area (TPSA) is 85.8 Å². The first kappa shape index (κ1) is 18.3. The van der Waals surface area contributed by atoms with Crippen LogP contribution in [0.25, 0.3) is 0 Å². The summed E-state index contributed by atoms with van der Waals surface area (Å²) in [6, 6.07) is 12.5. The van der Waals surface area contributed by atoms with Gasteiger partial charge in [-0.15, -0.1) is 0 Å². The number of halogens is 1. The van der Waals surface area contributed by atoms with Gasteiger partial charge >= 0.3 is 0 Å². The van der Waals surface area contributed by atoms with Crippen LogP contribution in [0.3, 0.4) is 0 Å². The van der Waals surface area contributed by atoms with Crippen molar-refractivity contribution >= 4 is 34.7 Å². The fraction of sp³-hybridized carbons (Fsp3) is 0.118. The van der Waals surface area contributed by atoms with E-state index in [1.165, 1.54) is 12.1 Å². The molecule has 0 saturated carbocycles. The van der Waals surface area contributed by atoms with E-state index in [9.17, 15) is 14.3 Å². The molecule has 0 aliphatic carbocycles. The molecule has 2 aromatic rings. The lowest BCUT2D eigenvalue weighted by atomic mass is 10.1. The van der Waals surface area contributed by atoms with Crippen molar-refractivity contribution in [3.8, 4) is 5.75 Å². The Labute approximate surface area is 149 Å². The third kappa shape index (κ3) is 6.19. The molecule has 0 amide bonds. The lowest BCUT2D eigenvalue weighted by molar-refractivity contribution is -0.307. The van der Waals surface area contributed by atoms with Crippen molar-refractivity contribution in [3.63, 3.8) is 0 Å². The van der Waals surface area contributed by atoms with E-state index in [1.54, 1.807) is 43.3 Å². The first-order valence-electron chi connectivity index (χ1n) is 7.24. The predicted molar refractivity (Wildman–Crippen MR) is 94.9 cm³/mol. The van der Waals surface area contributed by atoms with Crippen LogP contribution in [0.1, 0.15) is 12.5 Å². The van der Waals surface area contributed by atoms with E-state index in [4.69, 9.17) is 17.0 Å². The third-order valence-corrected chi connectivity index (χ3v) is 3.25. The van der Waals surface area contributed by atoms with Gasteiger partial charge in [0, 0.05) is 5.69 Å². The number of nitrogens with zero attached hydrogens (tertiary/aromatic N) is 1. The van der Waals surface area contributed by atoms with E-state index < -0.39 is 12.6 Å². The predicted octanol–water partition coefficient (Wildman–Crippen LogP) is 1.66. The first-order valence-corrected chi connectivity index (χ1v) is 7.65. The highest BCUT2D eigenvalue weighted by atomic mass is 32.1. The lowest BCUT2D eigenvalue weighted by Crippen LogP contribution is -2.28. The van der Waals surface area contributed by atoms with Gasteiger partial charge in [-0.1, -0.05) is 0 Å². The van der Waals surface area contributed by atoms with Gasteiger partial charge in [-0.3, -0.25) is 5.43 Å². The zero-order valence-electron chi connectivity index (χ0n) is 13.3. The monoisotopic (exact) mass is 360 g/mol. The van der Waals surface area contributed by atoms with Crippen LogP contribution in [0.4, 0.5) is 10.1 Å². The molecule has 2 rings (SSSR count). The maximum absolute atomic E-state index is 12.8. The summed E-state index contributed by atoms with van der Waals surface area (Å²) in [7, 11) is 0. The molecule has 25 heavy (non-hydrogen) atoms. The molecule has 0 aliphatic rings. The Morgan fingerprint density at radius 3 is 2.44 bits per heavy atom. The van der Waals surface area contributed by atoms with Crippen molar-refractivity contribution in [2.45, 2.75) is 6.92 Å². The van der Waals surface area contributed by atoms with Crippen LogP contribution < -0.4 is 20.6 Å². The van der Waals surface area contributed by atoms with Crippen molar-refractivity contribution in [2.24, 2.45) is 5.10 Å². The fourth-order valence-corrected chi connectivity index (χ4v) is 1.99. The zero-order valence-corrected chi connectivity index (χ0v) is 14.1. The second-order valence-electron chi connectivity index (χ2n) is 4.96. The maximum Gasteiger partial charge on any atom is 0.191 e. The normalized spacial score (nSPS) is 10.9. The molecule has 0 radical (unpaired) electrons. The van der Waals surface area contributed by atoms with Crippen LogP contribution in [0.15, 0.2) is 53.6 Å². The van der Waals surface area contributed by atoms with Gasteiger partial charge in [-0.2, -0.15) is 5.10 Å². The summed E-state index contributed by atoms with van der Waals surface area (Å²) in [6.45, 7) is 1.28. The minimum Gasteiger partial charge on any atom is -0.546 e. The Balaban J connectivity index is 1.90. The summed E-state index contributed by atoms with van der Waals surface area (Å²) >= 11 is 5.11. The molecule has 0 saturated heterocycles. The van der Waals surface area contributed by atoms with Gasteiger partial charge in [0.25, 0.3) is 0 Å². The number of carbonyl (C=O) groups excluding carboxylic acids is 1. The van der Waals surface area contributed by atoms with E-state index in [0.29, 0.717) is 17.1 Å². The quantitative estimate of drug-likeness (QED) is 0.463. The van der Waals surface area contributed by atoms with Crippen molar-refractivity contribution in [1.29, 1.82) is 0 Å². The molecule has 0 unspecified atom stereocenters. The third-order valence-electron chi connectivity index (χ3n) is 3.06. The fourth-order valence-electron chi connectivity index (χ4n) is 1.83. The largest absolute Gasteiger partial charge is 0.546 e. The number of carboxylic acids is 1. The minimum absolute atomic E-state index is 0.264. The number of anilines is 1. The van der Waals surface area contributed by atoms with Gasteiger partial charge in [0.15, 0.2) is 5.11 Å². The number of hydrogen-bond acceptors (Lipinski definition) is 5. The van der Waals surface area contributed by atoms with Crippen molar-refractivity contribution in [1.82, 2.24) is 5.43 Å². The van der Waals surface area contributed by atoms with Crippen LogP contribution in [0, 0.1) is 5.82 Å². The van der Waals surface area contributed by atoms with Gasteiger partial charge in [0.2, 0.25) is 0 Å². The molecule has 0 spiro atoms. The number of aliphatic carboxylic acids is 1. The van der Waals surface area contributed by atoms with Crippen LogP contribution >= 0.6 is 12.2 Å². The number of hydrogen-bond donors (Lipinski definition) is 2. The molecule has 0 fully saturated rings. The average Bonchev–Trinajstić information content (AvgIpc) is 2.60. The summed E-state index contributed by atoms with van der Waals surface area (Å²) < 4.78 is 17.8. The molecule has 0 aliphatic heterocycles. The molecule has 0 bridgehead atoms. The SMILES string of the molecule is C/C(=N/NC(=S)Nc1ccc(F)cc1)c1ccc(OCC(=O)[O-])cc1. The molecule has 6 nitrogen and oxygen atoms in total. The summed E-state index contributed by atoms with van der Waals surface area (Å²) in [5.74, 6) is -1.19. The Bertz CT molecular complexity index is 777. The van der Waals surface area contributed by atoms with Crippen LogP contribution in [-0.2, 0) is 4.79 Å². The minimum atomic E-state index is -1.28. The second-order valence-corrected chi connectivity index (χ2v) is 5.36. The molecule has 0 aromatic heterocycles. The number of nitrogens with one attached hydrogen (secondary N) is 2. The summed E-state index contributed by atoms with van der Waals surface area (Å²) in [5, 5.41) is 17.6. The van der Waals surface area contributed by atoms with Gasteiger partial charge in [0.1, 0.15) is 18.2 Å². The summed E-state index contributed by atoms with van der Waals surface area (Å²) in [4.78, 5) is 10.3. The Morgan fingerprint density at radius 2 is 1.84 bits per heavy atom. The Kier molecular flexibility index (Phi) is 6.41. The maximum atomic E-state index is 12.8. The van der Waals surface area contributed by atoms with Crippen LogP contribution in [-0.4, -0.2) is 23.4 Å². The van der Waals surface area contributed by atoms with E-state index >= 15 is 0 Å². The molecule has 2 N–H and O–H groups in total. The number of carboxylic acid groups (broad SMARTS) is 1. The Hall–Kier alpha value is -3.00. The van der Waals surface area contributed by atoms with Crippen molar-refractivity contribution in [2.75, 3.05) is 11.9 Å². The number of hydrazone groups is 1. The average molecular weight is 360 g/mol. The smallest absolute Gasteiger partial charge is 0.191 e. The van der Waals surface area contributed by atoms with E-state index in [-0.39, 0.29) is 10.9 Å². The van der Waals surface area contributed by atoms with Crippen molar-refractivity contribution in [3.05, 3.63) is 59.9 Å². The van der Waals surface area contributed by atoms with Crippen LogP contribution in [0.5, 0.6) is 5.75 Å². The number of ether oxygens (including phenoxy) is 1. The molecular weight excluding hydrogens is 345 g/mol. The summed E-state index contributed by atoms with van der Waals surface area (Å²) in [6.07, 6.45) is 0. The molecule has 130 valence electrons. The van der Waals surface area contributed by atoms with E-state index in [2.05, 4.69) is 15.8 Å². The van der Waals surface area contributed by atoms with E-state index in [1.807, 2.05) is 0 Å².